The van der Waals surface area contributed by atoms with Crippen molar-refractivity contribution in [2.24, 2.45) is 5.73 Å². The highest BCUT2D eigenvalue weighted by atomic mass is 35.5. The second-order valence-electron chi connectivity index (χ2n) is 5.04. The molecule has 0 saturated carbocycles. The monoisotopic (exact) mass is 289 g/mol. The van der Waals surface area contributed by atoms with E-state index in [0.717, 1.165) is 30.8 Å². The second-order valence-corrected chi connectivity index (χ2v) is 5.98. The summed E-state index contributed by atoms with van der Waals surface area (Å²) in [5.41, 5.74) is 6.03. The first-order valence-electron chi connectivity index (χ1n) is 6.01. The van der Waals surface area contributed by atoms with Crippen LogP contribution in [0.3, 0.4) is 0 Å². The van der Waals surface area contributed by atoms with Crippen LogP contribution in [0.2, 0.25) is 0 Å². The lowest BCUT2D eigenvalue weighted by Gasteiger charge is -2.31. The summed E-state index contributed by atoms with van der Waals surface area (Å²) < 4.78 is 0. The summed E-state index contributed by atoms with van der Waals surface area (Å²) in [6.07, 6.45) is 2.90. The van der Waals surface area contributed by atoms with Gasteiger partial charge in [-0.1, -0.05) is 0 Å². The Bertz CT molecular complexity index is 419. The molecule has 4 nitrogen and oxygen atoms in total. The normalized spacial score (nSPS) is 17.6. The first-order chi connectivity index (χ1) is 8.04. The van der Waals surface area contributed by atoms with Crippen LogP contribution in [0.1, 0.15) is 42.2 Å². The summed E-state index contributed by atoms with van der Waals surface area (Å²) in [6, 6.07) is 0. The summed E-state index contributed by atoms with van der Waals surface area (Å²) in [5.74, 6) is 0.0621. The molecule has 1 aliphatic rings. The van der Waals surface area contributed by atoms with E-state index in [0.29, 0.717) is 12.2 Å². The predicted molar refractivity (Wildman–Crippen MR) is 76.5 cm³/mol. The van der Waals surface area contributed by atoms with Crippen molar-refractivity contribution in [2.75, 3.05) is 13.1 Å². The lowest BCUT2D eigenvalue weighted by Crippen LogP contribution is -2.42. The van der Waals surface area contributed by atoms with Crippen molar-refractivity contribution in [3.63, 3.8) is 0 Å². The molecule has 1 saturated heterocycles. The summed E-state index contributed by atoms with van der Waals surface area (Å²) in [5, 5.41) is 2.80. The highest BCUT2D eigenvalue weighted by Crippen LogP contribution is 2.29. The smallest absolute Gasteiger partial charge is 0.273 e. The van der Waals surface area contributed by atoms with E-state index < -0.39 is 0 Å². The Balaban J connectivity index is 0.00000162. The van der Waals surface area contributed by atoms with E-state index >= 15 is 0 Å². The molecule has 2 rings (SSSR count). The van der Waals surface area contributed by atoms with E-state index in [1.807, 2.05) is 10.3 Å². The Morgan fingerprint density at radius 1 is 1.61 bits per heavy atom. The summed E-state index contributed by atoms with van der Waals surface area (Å²) >= 11 is 1.52. The topological polar surface area (TPSA) is 59.2 Å². The van der Waals surface area contributed by atoms with Gasteiger partial charge in [0.2, 0.25) is 0 Å². The number of hydrogen-bond donors (Lipinski definition) is 1. The van der Waals surface area contributed by atoms with Gasteiger partial charge in [-0.05, 0) is 33.2 Å². The standard InChI is InChI=1S/C12H19N3OS.ClH/c1-12(2)5-3-7-15(12)11(16)9-8-17-10(14-9)4-6-13;/h8H,3-7,13H2,1-2H3;1H. The van der Waals surface area contributed by atoms with E-state index in [9.17, 15) is 4.79 Å². The van der Waals surface area contributed by atoms with Gasteiger partial charge in [0, 0.05) is 23.9 Å². The molecule has 0 aliphatic carbocycles. The third kappa shape index (κ3) is 3.02. The number of aromatic nitrogens is 1. The SMILES string of the molecule is CC1(C)CCCN1C(=O)c1csc(CCN)n1.Cl. The first kappa shape index (κ1) is 15.4. The molecule has 102 valence electrons. The number of hydrogen-bond acceptors (Lipinski definition) is 4. The quantitative estimate of drug-likeness (QED) is 0.927. The Labute approximate surface area is 118 Å². The summed E-state index contributed by atoms with van der Waals surface area (Å²) in [6.45, 7) is 5.65. The largest absolute Gasteiger partial charge is 0.332 e. The van der Waals surface area contributed by atoms with Crippen LogP contribution in [0.5, 0.6) is 0 Å². The number of thiazole rings is 1. The maximum atomic E-state index is 12.3. The van der Waals surface area contributed by atoms with Crippen LogP contribution in [-0.2, 0) is 6.42 Å². The minimum Gasteiger partial charge on any atom is -0.332 e. The van der Waals surface area contributed by atoms with Crippen LogP contribution in [0.25, 0.3) is 0 Å². The van der Waals surface area contributed by atoms with Crippen molar-refractivity contribution in [1.82, 2.24) is 9.88 Å². The van der Waals surface area contributed by atoms with E-state index in [1.165, 1.54) is 11.3 Å². The molecule has 18 heavy (non-hydrogen) atoms. The molecule has 6 heteroatoms. The van der Waals surface area contributed by atoms with Gasteiger partial charge in [0.05, 0.1) is 5.01 Å². The zero-order valence-corrected chi connectivity index (χ0v) is 12.4. The van der Waals surface area contributed by atoms with Gasteiger partial charge >= 0.3 is 0 Å². The van der Waals surface area contributed by atoms with Crippen molar-refractivity contribution in [1.29, 1.82) is 0 Å². The van der Waals surface area contributed by atoms with Crippen LogP contribution >= 0.6 is 23.7 Å². The molecule has 0 radical (unpaired) electrons. The molecule has 0 atom stereocenters. The third-order valence-corrected chi connectivity index (χ3v) is 4.18. The first-order valence-corrected chi connectivity index (χ1v) is 6.89. The van der Waals surface area contributed by atoms with Crippen molar-refractivity contribution in [2.45, 2.75) is 38.6 Å². The minimum absolute atomic E-state index is 0. The van der Waals surface area contributed by atoms with E-state index in [-0.39, 0.29) is 23.9 Å². The predicted octanol–water partition coefficient (Wildman–Crippen LogP) is 2.08. The maximum absolute atomic E-state index is 12.3. The molecule has 1 aromatic rings. The maximum Gasteiger partial charge on any atom is 0.273 e. The zero-order chi connectivity index (χ0) is 12.5. The lowest BCUT2D eigenvalue weighted by molar-refractivity contribution is 0.0646. The van der Waals surface area contributed by atoms with Gasteiger partial charge in [0.15, 0.2) is 0 Å². The van der Waals surface area contributed by atoms with Gasteiger partial charge in [-0.2, -0.15) is 0 Å². The number of nitrogens with two attached hydrogens (primary N) is 1. The Hall–Kier alpha value is -0.650. The Morgan fingerprint density at radius 2 is 2.33 bits per heavy atom. The number of carbonyl (C=O) groups excluding carboxylic acids is 1. The van der Waals surface area contributed by atoms with Crippen molar-refractivity contribution in [3.8, 4) is 0 Å². The molecule has 0 spiro atoms. The van der Waals surface area contributed by atoms with Crippen molar-refractivity contribution < 1.29 is 4.79 Å². The molecule has 2 heterocycles. The molecular weight excluding hydrogens is 270 g/mol. The minimum atomic E-state index is -0.0330. The van der Waals surface area contributed by atoms with Gasteiger partial charge in [-0.25, -0.2) is 4.98 Å². The average Bonchev–Trinajstić information content (AvgIpc) is 2.84. The highest BCUT2D eigenvalue weighted by Gasteiger charge is 2.36. The van der Waals surface area contributed by atoms with Gasteiger partial charge in [0.25, 0.3) is 5.91 Å². The van der Waals surface area contributed by atoms with Gasteiger partial charge in [0.1, 0.15) is 5.69 Å². The molecular formula is C12H20ClN3OS. The fourth-order valence-electron chi connectivity index (χ4n) is 2.27. The number of likely N-dealkylation sites (tertiary alicyclic amines) is 1. The van der Waals surface area contributed by atoms with Crippen LogP contribution in [0.15, 0.2) is 5.38 Å². The average molecular weight is 290 g/mol. The third-order valence-electron chi connectivity index (χ3n) is 3.28. The fraction of sp³-hybridized carbons (Fsp3) is 0.667. The number of rotatable bonds is 3. The van der Waals surface area contributed by atoms with Gasteiger partial charge in [-0.15, -0.1) is 23.7 Å². The fourth-order valence-corrected chi connectivity index (χ4v) is 3.06. The van der Waals surface area contributed by atoms with Crippen LogP contribution in [0, 0.1) is 0 Å². The molecule has 2 N–H and O–H groups in total. The highest BCUT2D eigenvalue weighted by molar-refractivity contribution is 7.09. The van der Waals surface area contributed by atoms with Gasteiger partial charge in [-0.3, -0.25) is 4.79 Å². The molecule has 1 aliphatic heterocycles. The molecule has 0 bridgehead atoms. The number of nitrogens with zero attached hydrogens (tertiary/aromatic N) is 2. The lowest BCUT2D eigenvalue weighted by atomic mass is 10.0. The summed E-state index contributed by atoms with van der Waals surface area (Å²) in [4.78, 5) is 18.6. The number of amides is 1. The van der Waals surface area contributed by atoms with Crippen LogP contribution < -0.4 is 5.73 Å². The summed E-state index contributed by atoms with van der Waals surface area (Å²) in [7, 11) is 0. The molecule has 0 unspecified atom stereocenters. The molecule has 1 amide bonds. The van der Waals surface area contributed by atoms with E-state index in [2.05, 4.69) is 18.8 Å². The van der Waals surface area contributed by atoms with E-state index in [4.69, 9.17) is 5.73 Å². The molecule has 1 aromatic heterocycles. The van der Waals surface area contributed by atoms with Crippen molar-refractivity contribution >= 4 is 29.7 Å². The van der Waals surface area contributed by atoms with Crippen molar-refractivity contribution in [3.05, 3.63) is 16.1 Å². The zero-order valence-electron chi connectivity index (χ0n) is 10.8. The molecule has 0 aromatic carbocycles. The van der Waals surface area contributed by atoms with Crippen LogP contribution in [-0.4, -0.2) is 34.4 Å². The Morgan fingerprint density at radius 3 is 2.89 bits per heavy atom. The Kier molecular flexibility index (Phi) is 5.13. The number of halogens is 1. The van der Waals surface area contributed by atoms with E-state index in [1.54, 1.807) is 0 Å². The van der Waals surface area contributed by atoms with Crippen LogP contribution in [0.4, 0.5) is 0 Å². The number of carbonyl (C=O) groups is 1. The second kappa shape index (κ2) is 5.99. The van der Waals surface area contributed by atoms with Gasteiger partial charge < -0.3 is 10.6 Å². The molecule has 1 fully saturated rings.